The van der Waals surface area contributed by atoms with E-state index in [1.807, 2.05) is 42.5 Å². The number of benzene rings is 2. The second-order valence-corrected chi connectivity index (χ2v) is 9.28. The van der Waals surface area contributed by atoms with Crippen molar-refractivity contribution in [2.45, 2.75) is 50.5 Å². The van der Waals surface area contributed by atoms with Crippen molar-refractivity contribution in [2.24, 2.45) is 5.92 Å². The van der Waals surface area contributed by atoms with Crippen molar-refractivity contribution in [3.05, 3.63) is 48.0 Å². The second-order valence-electron chi connectivity index (χ2n) is 9.28. The van der Waals surface area contributed by atoms with Gasteiger partial charge in [0.1, 0.15) is 5.54 Å². The van der Waals surface area contributed by atoms with Crippen LogP contribution in [-0.4, -0.2) is 52.3 Å². The molecule has 3 fully saturated rings. The van der Waals surface area contributed by atoms with E-state index >= 15 is 0 Å². The zero-order valence-corrected chi connectivity index (χ0v) is 18.5. The molecule has 8 heteroatoms. The molecular weight excluding hydrogens is 420 g/mol. The first-order chi connectivity index (χ1) is 16.0. The summed E-state index contributed by atoms with van der Waals surface area (Å²) in [5.41, 5.74) is 2.35. The highest BCUT2D eigenvalue weighted by Crippen LogP contribution is 2.33. The molecule has 2 aromatic carbocycles. The lowest BCUT2D eigenvalue weighted by atomic mass is 9.82. The van der Waals surface area contributed by atoms with Gasteiger partial charge in [0.25, 0.3) is 11.8 Å². The van der Waals surface area contributed by atoms with Gasteiger partial charge in [-0.1, -0.05) is 55.7 Å². The van der Waals surface area contributed by atoms with E-state index in [-0.39, 0.29) is 23.6 Å². The van der Waals surface area contributed by atoms with E-state index in [0.717, 1.165) is 35.0 Å². The van der Waals surface area contributed by atoms with E-state index in [9.17, 15) is 19.2 Å². The predicted molar refractivity (Wildman–Crippen MR) is 122 cm³/mol. The minimum absolute atomic E-state index is 0.0426. The van der Waals surface area contributed by atoms with Crippen LogP contribution in [0.25, 0.3) is 10.8 Å². The quantitative estimate of drug-likeness (QED) is 0.706. The van der Waals surface area contributed by atoms with E-state index in [2.05, 4.69) is 10.7 Å². The molecule has 0 bridgehead atoms. The van der Waals surface area contributed by atoms with Gasteiger partial charge in [-0.05, 0) is 42.5 Å². The lowest BCUT2D eigenvalue weighted by Crippen LogP contribution is -2.53. The van der Waals surface area contributed by atoms with Crippen molar-refractivity contribution in [3.8, 4) is 0 Å². The molecule has 172 valence electrons. The molecule has 2 heterocycles. The van der Waals surface area contributed by atoms with Crippen LogP contribution in [0.2, 0.25) is 0 Å². The first-order valence-corrected chi connectivity index (χ1v) is 11.7. The van der Waals surface area contributed by atoms with Gasteiger partial charge in [0, 0.05) is 24.6 Å². The van der Waals surface area contributed by atoms with Crippen LogP contribution in [0.3, 0.4) is 0 Å². The second kappa shape index (κ2) is 8.50. The third-order valence-corrected chi connectivity index (χ3v) is 7.26. The Morgan fingerprint density at radius 2 is 1.64 bits per heavy atom. The van der Waals surface area contributed by atoms with Gasteiger partial charge in [-0.2, -0.15) is 5.01 Å². The van der Waals surface area contributed by atoms with Crippen molar-refractivity contribution in [2.75, 3.05) is 13.1 Å². The fraction of sp³-hybridized carbons (Fsp3) is 0.440. The number of likely N-dealkylation sites (tertiary alicyclic amines) is 1. The Hall–Kier alpha value is -3.42. The fourth-order valence-electron chi connectivity index (χ4n) is 5.34. The van der Waals surface area contributed by atoms with Crippen LogP contribution < -0.4 is 10.7 Å². The molecule has 2 aliphatic heterocycles. The van der Waals surface area contributed by atoms with Gasteiger partial charge in [-0.25, -0.2) is 4.79 Å². The topological polar surface area (TPSA) is 98.8 Å². The van der Waals surface area contributed by atoms with Crippen LogP contribution in [-0.2, 0) is 9.59 Å². The number of hydrogen-bond acceptors (Lipinski definition) is 4. The molecular formula is C25H28N4O4. The minimum atomic E-state index is -0.864. The molecule has 5 amide bonds. The van der Waals surface area contributed by atoms with Gasteiger partial charge in [0.15, 0.2) is 0 Å². The Morgan fingerprint density at radius 3 is 2.39 bits per heavy atom. The summed E-state index contributed by atoms with van der Waals surface area (Å²) >= 11 is 0. The number of carbonyl (C=O) groups is 4. The van der Waals surface area contributed by atoms with E-state index in [1.165, 1.54) is 0 Å². The maximum atomic E-state index is 13.1. The monoisotopic (exact) mass is 448 g/mol. The molecule has 2 N–H and O–H groups in total. The number of hydrogen-bond donors (Lipinski definition) is 2. The lowest BCUT2D eigenvalue weighted by molar-refractivity contribution is -0.141. The summed E-state index contributed by atoms with van der Waals surface area (Å²) in [5.74, 6) is -1.10. The Kier molecular flexibility index (Phi) is 5.52. The molecule has 1 aliphatic carbocycles. The van der Waals surface area contributed by atoms with E-state index < -0.39 is 11.6 Å². The minimum Gasteiger partial charge on any atom is -0.339 e. The third kappa shape index (κ3) is 3.83. The van der Waals surface area contributed by atoms with Gasteiger partial charge in [-0.15, -0.1) is 0 Å². The van der Waals surface area contributed by atoms with Crippen molar-refractivity contribution < 1.29 is 19.2 Å². The molecule has 5 rings (SSSR count). The number of imide groups is 1. The Balaban J connectivity index is 1.20. The molecule has 0 radical (unpaired) electrons. The average Bonchev–Trinajstić information content (AvgIpc) is 3.07. The number of amides is 5. The number of nitrogens with zero attached hydrogens (tertiary/aromatic N) is 2. The highest BCUT2D eigenvalue weighted by atomic mass is 16.2. The first kappa shape index (κ1) is 21.4. The summed E-state index contributed by atoms with van der Waals surface area (Å²) in [6.07, 6.45) is 5.01. The molecule has 2 aromatic rings. The SMILES string of the molecule is O=C(NN1C(=O)NC2(CCCCC2)C1=O)C1CCN(C(=O)c2cccc3ccccc23)CC1. The predicted octanol–water partition coefficient (Wildman–Crippen LogP) is 2.98. The Morgan fingerprint density at radius 1 is 0.939 bits per heavy atom. The zero-order chi connectivity index (χ0) is 23.0. The number of nitrogens with one attached hydrogen (secondary N) is 2. The maximum Gasteiger partial charge on any atom is 0.344 e. The molecule has 2 saturated heterocycles. The molecule has 0 aromatic heterocycles. The average molecular weight is 449 g/mol. The van der Waals surface area contributed by atoms with Gasteiger partial charge in [0.05, 0.1) is 0 Å². The molecule has 1 saturated carbocycles. The van der Waals surface area contributed by atoms with Crippen molar-refractivity contribution in [1.82, 2.24) is 20.7 Å². The van der Waals surface area contributed by atoms with E-state index in [1.54, 1.807) is 4.90 Å². The van der Waals surface area contributed by atoms with Gasteiger partial charge in [0.2, 0.25) is 5.91 Å². The summed E-state index contributed by atoms with van der Waals surface area (Å²) in [6, 6.07) is 12.9. The van der Waals surface area contributed by atoms with Crippen molar-refractivity contribution in [3.63, 3.8) is 0 Å². The first-order valence-electron chi connectivity index (χ1n) is 11.7. The Labute approximate surface area is 192 Å². The molecule has 1 spiro atoms. The molecule has 33 heavy (non-hydrogen) atoms. The largest absolute Gasteiger partial charge is 0.344 e. The molecule has 0 unspecified atom stereocenters. The summed E-state index contributed by atoms with van der Waals surface area (Å²) in [7, 11) is 0. The lowest BCUT2D eigenvalue weighted by Gasteiger charge is -2.32. The zero-order valence-electron chi connectivity index (χ0n) is 18.5. The molecule has 0 atom stereocenters. The summed E-state index contributed by atoms with van der Waals surface area (Å²) in [4.78, 5) is 53.1. The number of hydrazine groups is 1. The summed E-state index contributed by atoms with van der Waals surface area (Å²) in [6.45, 7) is 0.897. The van der Waals surface area contributed by atoms with Crippen LogP contribution in [0.5, 0.6) is 0 Å². The molecule has 3 aliphatic rings. The third-order valence-electron chi connectivity index (χ3n) is 7.26. The number of carbonyl (C=O) groups excluding carboxylic acids is 4. The number of piperidine rings is 1. The molecule has 8 nitrogen and oxygen atoms in total. The van der Waals surface area contributed by atoms with E-state index in [0.29, 0.717) is 44.3 Å². The number of rotatable bonds is 3. The van der Waals surface area contributed by atoms with Crippen LogP contribution in [0.15, 0.2) is 42.5 Å². The van der Waals surface area contributed by atoms with Gasteiger partial charge < -0.3 is 10.2 Å². The fourth-order valence-corrected chi connectivity index (χ4v) is 5.34. The number of fused-ring (bicyclic) bond motifs is 1. The normalized spacial score (nSPS) is 20.8. The van der Waals surface area contributed by atoms with Gasteiger partial charge in [-0.3, -0.25) is 19.8 Å². The van der Waals surface area contributed by atoms with Crippen LogP contribution >= 0.6 is 0 Å². The highest BCUT2D eigenvalue weighted by molar-refractivity contribution is 6.08. The summed E-state index contributed by atoms with van der Waals surface area (Å²) in [5, 5.41) is 5.60. The van der Waals surface area contributed by atoms with Crippen LogP contribution in [0, 0.1) is 5.92 Å². The van der Waals surface area contributed by atoms with Crippen LogP contribution in [0.1, 0.15) is 55.3 Å². The highest BCUT2D eigenvalue weighted by Gasteiger charge is 2.52. The standard InChI is InChI=1S/C25H28N4O4/c30-21(27-29-23(32)25(26-24(29)33)13-4-1-5-14-25)18-11-15-28(16-12-18)22(31)20-10-6-8-17-7-2-3-9-19(17)20/h2-3,6-10,18H,1,4-5,11-16H2,(H,26,33)(H,27,30). The van der Waals surface area contributed by atoms with Crippen molar-refractivity contribution >= 4 is 34.5 Å². The van der Waals surface area contributed by atoms with E-state index in [4.69, 9.17) is 0 Å². The Bertz CT molecular complexity index is 1110. The van der Waals surface area contributed by atoms with Crippen molar-refractivity contribution in [1.29, 1.82) is 0 Å². The summed E-state index contributed by atoms with van der Waals surface area (Å²) < 4.78 is 0. The van der Waals surface area contributed by atoms with Gasteiger partial charge >= 0.3 is 6.03 Å². The number of urea groups is 1. The smallest absolute Gasteiger partial charge is 0.339 e. The van der Waals surface area contributed by atoms with Crippen LogP contribution in [0.4, 0.5) is 4.79 Å². The maximum absolute atomic E-state index is 13.1.